The molecular weight excluding hydrogens is 476 g/mol. The molecule has 0 aromatic heterocycles. The Morgan fingerprint density at radius 3 is 2.22 bits per heavy atom. The summed E-state index contributed by atoms with van der Waals surface area (Å²) in [6.45, 7) is 7.45. The number of methoxy groups -OCH3 is 3. The van der Waals surface area contributed by atoms with Gasteiger partial charge >= 0.3 is 0 Å². The van der Waals surface area contributed by atoms with Crippen LogP contribution in [0, 0.1) is 0 Å². The summed E-state index contributed by atoms with van der Waals surface area (Å²) < 4.78 is 22.2. The summed E-state index contributed by atoms with van der Waals surface area (Å²) in [4.78, 5) is 30.8. The Morgan fingerprint density at radius 2 is 1.61 bits per heavy atom. The minimum Gasteiger partial charge on any atom is -0.497 e. The zero-order valence-corrected chi connectivity index (χ0v) is 22.8. The SMILES string of the molecule is COc1ccc(C2=CN3C(=O)c4cc(OC)c(OC)cc4N(COCC[Si](C)(C)C)C(=O)[C@@H]3C2)cc1. The average Bonchev–Trinajstić information content (AvgIpc) is 3.29. The fraction of sp³-hybridized carbons (Fsp3) is 0.407. The van der Waals surface area contributed by atoms with Crippen LogP contribution in [0.25, 0.3) is 5.57 Å². The van der Waals surface area contributed by atoms with Crippen LogP contribution in [0.4, 0.5) is 5.69 Å². The fourth-order valence-corrected chi connectivity index (χ4v) is 5.15. The molecule has 0 radical (unpaired) electrons. The van der Waals surface area contributed by atoms with E-state index in [4.69, 9.17) is 18.9 Å². The molecule has 2 aliphatic rings. The van der Waals surface area contributed by atoms with Crippen molar-refractivity contribution in [1.29, 1.82) is 0 Å². The van der Waals surface area contributed by atoms with Gasteiger partial charge in [-0.3, -0.25) is 14.5 Å². The summed E-state index contributed by atoms with van der Waals surface area (Å²) >= 11 is 0. The second kappa shape index (κ2) is 10.4. The lowest BCUT2D eigenvalue weighted by atomic mass is 10.0. The molecule has 9 heteroatoms. The van der Waals surface area contributed by atoms with Gasteiger partial charge in [0.25, 0.3) is 11.8 Å². The molecule has 2 amide bonds. The maximum atomic E-state index is 13.9. The van der Waals surface area contributed by atoms with Crippen molar-refractivity contribution in [2.24, 2.45) is 0 Å². The number of carbonyl (C=O) groups is 2. The summed E-state index contributed by atoms with van der Waals surface area (Å²) in [5.41, 5.74) is 2.68. The Morgan fingerprint density at radius 1 is 0.944 bits per heavy atom. The van der Waals surface area contributed by atoms with Crippen LogP contribution in [0.15, 0.2) is 42.6 Å². The number of nitrogens with zero attached hydrogens (tertiary/aromatic N) is 2. The molecule has 2 aromatic rings. The molecule has 4 rings (SSSR count). The number of ether oxygens (including phenoxy) is 4. The van der Waals surface area contributed by atoms with Gasteiger partial charge in [0, 0.05) is 33.4 Å². The van der Waals surface area contributed by atoms with Gasteiger partial charge in [-0.25, -0.2) is 0 Å². The van der Waals surface area contributed by atoms with E-state index in [-0.39, 0.29) is 18.5 Å². The second-order valence-electron chi connectivity index (χ2n) is 10.2. The third-order valence-corrected chi connectivity index (χ3v) is 8.23. The summed E-state index contributed by atoms with van der Waals surface area (Å²) in [7, 11) is 3.37. The van der Waals surface area contributed by atoms with E-state index >= 15 is 0 Å². The van der Waals surface area contributed by atoms with E-state index in [0.717, 1.165) is 22.9 Å². The molecule has 2 heterocycles. The molecular formula is C27H34N2O6Si. The van der Waals surface area contributed by atoms with Crippen molar-refractivity contribution in [3.63, 3.8) is 0 Å². The maximum Gasteiger partial charge on any atom is 0.260 e. The van der Waals surface area contributed by atoms with Gasteiger partial charge < -0.3 is 23.8 Å². The van der Waals surface area contributed by atoms with Crippen LogP contribution in [0.3, 0.4) is 0 Å². The minimum atomic E-state index is -1.30. The highest BCUT2D eigenvalue weighted by molar-refractivity contribution is 6.76. The number of carbonyl (C=O) groups excluding carboxylic acids is 2. The fourth-order valence-electron chi connectivity index (χ4n) is 4.39. The number of fused-ring (bicyclic) bond motifs is 2. The Labute approximate surface area is 213 Å². The van der Waals surface area contributed by atoms with E-state index < -0.39 is 14.1 Å². The van der Waals surface area contributed by atoms with Gasteiger partial charge in [-0.15, -0.1) is 0 Å². The van der Waals surface area contributed by atoms with Crippen LogP contribution in [0.5, 0.6) is 17.2 Å². The van der Waals surface area contributed by atoms with Crippen molar-refractivity contribution in [3.8, 4) is 17.2 Å². The third kappa shape index (κ3) is 5.12. The highest BCUT2D eigenvalue weighted by Gasteiger charge is 2.43. The molecule has 36 heavy (non-hydrogen) atoms. The molecule has 0 spiro atoms. The summed E-state index contributed by atoms with van der Waals surface area (Å²) in [5.74, 6) is 1.16. The monoisotopic (exact) mass is 510 g/mol. The summed E-state index contributed by atoms with van der Waals surface area (Å²) in [6.07, 6.45) is 2.19. The molecule has 192 valence electrons. The number of hydrogen-bond donors (Lipinski definition) is 0. The van der Waals surface area contributed by atoms with E-state index in [1.54, 1.807) is 30.3 Å². The van der Waals surface area contributed by atoms with Gasteiger partial charge in [0.2, 0.25) is 0 Å². The van der Waals surface area contributed by atoms with Crippen LogP contribution >= 0.6 is 0 Å². The number of amides is 2. The van der Waals surface area contributed by atoms with Gasteiger partial charge in [0.05, 0.1) is 32.6 Å². The van der Waals surface area contributed by atoms with Crippen molar-refractivity contribution >= 4 is 31.1 Å². The number of rotatable bonds is 9. The maximum absolute atomic E-state index is 13.9. The van der Waals surface area contributed by atoms with Gasteiger partial charge in [0.1, 0.15) is 18.5 Å². The van der Waals surface area contributed by atoms with Crippen molar-refractivity contribution < 1.29 is 28.5 Å². The van der Waals surface area contributed by atoms with Crippen molar-refractivity contribution in [3.05, 3.63) is 53.7 Å². The first-order valence-electron chi connectivity index (χ1n) is 12.0. The number of anilines is 1. The van der Waals surface area contributed by atoms with Gasteiger partial charge in [-0.2, -0.15) is 0 Å². The first-order valence-corrected chi connectivity index (χ1v) is 15.7. The zero-order chi connectivity index (χ0) is 26.0. The number of benzene rings is 2. The predicted molar refractivity (Wildman–Crippen MR) is 142 cm³/mol. The molecule has 8 nitrogen and oxygen atoms in total. The molecule has 0 aliphatic carbocycles. The third-order valence-electron chi connectivity index (χ3n) is 6.53. The summed E-state index contributed by atoms with van der Waals surface area (Å²) in [6, 6.07) is 11.2. The average molecular weight is 511 g/mol. The van der Waals surface area contributed by atoms with Crippen molar-refractivity contribution in [2.45, 2.75) is 38.1 Å². The van der Waals surface area contributed by atoms with Gasteiger partial charge in [0.15, 0.2) is 11.5 Å². The minimum absolute atomic E-state index is 0.0568. The van der Waals surface area contributed by atoms with Crippen molar-refractivity contribution in [1.82, 2.24) is 4.90 Å². The largest absolute Gasteiger partial charge is 0.497 e. The van der Waals surface area contributed by atoms with Gasteiger partial charge in [-0.05, 0) is 35.4 Å². The molecule has 0 N–H and O–H groups in total. The highest BCUT2D eigenvalue weighted by atomic mass is 28.3. The Hall–Kier alpha value is -3.30. The van der Waals surface area contributed by atoms with Crippen LogP contribution in [0.1, 0.15) is 22.3 Å². The van der Waals surface area contributed by atoms with Crippen LogP contribution < -0.4 is 19.1 Å². The van der Waals surface area contributed by atoms with Crippen LogP contribution in [-0.4, -0.2) is 65.5 Å². The standard InChI is InChI=1S/C27H34N2O6Si/c1-32-20-9-7-18(8-10-20)19-13-23-27(31)29(17-35-11-12-36(4,5)6)22-15-25(34-3)24(33-2)14-21(22)26(30)28(23)16-19/h7-10,14-16,23H,11-13,17H2,1-6H3/t23-/m0/s1. The zero-order valence-electron chi connectivity index (χ0n) is 21.8. The normalized spacial score (nSPS) is 17.4. The Bertz CT molecular complexity index is 1170. The molecule has 2 aliphatic heterocycles. The van der Waals surface area contributed by atoms with Gasteiger partial charge in [-0.1, -0.05) is 31.8 Å². The predicted octanol–water partition coefficient (Wildman–Crippen LogP) is 4.63. The lowest BCUT2D eigenvalue weighted by Crippen LogP contribution is -2.45. The van der Waals surface area contributed by atoms with E-state index in [0.29, 0.717) is 35.8 Å². The van der Waals surface area contributed by atoms with E-state index in [1.807, 2.05) is 24.3 Å². The van der Waals surface area contributed by atoms with Crippen LogP contribution in [0.2, 0.25) is 25.7 Å². The first kappa shape index (κ1) is 25.8. The van der Waals surface area contributed by atoms with E-state index in [2.05, 4.69) is 19.6 Å². The molecule has 0 saturated carbocycles. The molecule has 0 saturated heterocycles. The van der Waals surface area contributed by atoms with E-state index in [9.17, 15) is 9.59 Å². The molecule has 1 atom stereocenters. The quantitative estimate of drug-likeness (QED) is 0.362. The molecule has 0 fully saturated rings. The van der Waals surface area contributed by atoms with Crippen LogP contribution in [-0.2, 0) is 9.53 Å². The Kier molecular flexibility index (Phi) is 7.42. The summed E-state index contributed by atoms with van der Waals surface area (Å²) in [5, 5.41) is 0. The first-order chi connectivity index (χ1) is 17.2. The lowest BCUT2D eigenvalue weighted by molar-refractivity contribution is -0.122. The second-order valence-corrected chi connectivity index (χ2v) is 15.8. The molecule has 2 aromatic carbocycles. The highest BCUT2D eigenvalue weighted by Crippen LogP contribution is 2.41. The lowest BCUT2D eigenvalue weighted by Gasteiger charge is -2.26. The van der Waals surface area contributed by atoms with E-state index in [1.165, 1.54) is 19.1 Å². The number of hydrogen-bond acceptors (Lipinski definition) is 6. The molecule has 0 unspecified atom stereocenters. The Balaban J connectivity index is 1.71. The smallest absolute Gasteiger partial charge is 0.260 e. The molecule has 0 bridgehead atoms. The topological polar surface area (TPSA) is 77.5 Å². The van der Waals surface area contributed by atoms with Crippen molar-refractivity contribution in [2.75, 3.05) is 39.6 Å².